The summed E-state index contributed by atoms with van der Waals surface area (Å²) in [5.41, 5.74) is 2.17. The lowest BCUT2D eigenvalue weighted by Crippen LogP contribution is -2.23. The van der Waals surface area contributed by atoms with E-state index in [4.69, 9.17) is 0 Å². The van der Waals surface area contributed by atoms with Gasteiger partial charge in [-0.3, -0.25) is 0 Å². The number of phenols is 1. The summed E-state index contributed by atoms with van der Waals surface area (Å²) in [6.45, 7) is 10.5. The summed E-state index contributed by atoms with van der Waals surface area (Å²) in [5, 5.41) is 13.1. The summed E-state index contributed by atoms with van der Waals surface area (Å²) in [4.78, 5) is 0. The number of aromatic hydroxyl groups is 1. The number of phenolic OH excluding ortho intramolecular Hbond substituents is 1. The first-order valence-corrected chi connectivity index (χ1v) is 6.00. The molecular formula is C14H23NO. The van der Waals surface area contributed by atoms with Gasteiger partial charge in [-0.25, -0.2) is 0 Å². The predicted molar refractivity (Wildman–Crippen MR) is 68.6 cm³/mol. The smallest absolute Gasteiger partial charge is 0.120 e. The maximum atomic E-state index is 9.67. The summed E-state index contributed by atoms with van der Waals surface area (Å²) in [7, 11) is 0. The zero-order valence-electron chi connectivity index (χ0n) is 10.7. The normalized spacial score (nSPS) is 13.1. The zero-order chi connectivity index (χ0) is 12.1. The zero-order valence-corrected chi connectivity index (χ0v) is 10.7. The minimum absolute atomic E-state index is 0.385. The first kappa shape index (κ1) is 13.0. The molecule has 0 radical (unpaired) electrons. The highest BCUT2D eigenvalue weighted by atomic mass is 16.3. The Balaban J connectivity index is 2.45. The lowest BCUT2D eigenvalue weighted by Gasteiger charge is -2.16. The molecular weight excluding hydrogens is 198 g/mol. The highest BCUT2D eigenvalue weighted by Gasteiger charge is 2.07. The highest BCUT2D eigenvalue weighted by molar-refractivity contribution is 5.35. The van der Waals surface area contributed by atoms with Gasteiger partial charge in [0.05, 0.1) is 0 Å². The van der Waals surface area contributed by atoms with Gasteiger partial charge in [0.1, 0.15) is 5.75 Å². The molecule has 16 heavy (non-hydrogen) atoms. The molecule has 0 fully saturated rings. The van der Waals surface area contributed by atoms with Crippen LogP contribution in [0.4, 0.5) is 0 Å². The third-order valence-electron chi connectivity index (χ3n) is 3.15. The number of rotatable bonds is 5. The van der Waals surface area contributed by atoms with Crippen molar-refractivity contribution in [1.82, 2.24) is 5.32 Å². The Hall–Kier alpha value is -1.02. The van der Waals surface area contributed by atoms with E-state index in [9.17, 15) is 5.11 Å². The summed E-state index contributed by atoms with van der Waals surface area (Å²) in [5.74, 6) is 1.74. The number of hydrogen-bond donors (Lipinski definition) is 2. The van der Waals surface area contributed by atoms with Crippen LogP contribution in [0.15, 0.2) is 18.2 Å². The Morgan fingerprint density at radius 1 is 1.25 bits per heavy atom. The average Bonchev–Trinajstić information content (AvgIpc) is 2.22. The van der Waals surface area contributed by atoms with Crippen molar-refractivity contribution in [1.29, 1.82) is 0 Å². The summed E-state index contributed by atoms with van der Waals surface area (Å²) >= 11 is 0. The van der Waals surface area contributed by atoms with Gasteiger partial charge < -0.3 is 10.4 Å². The molecule has 1 rings (SSSR count). The van der Waals surface area contributed by atoms with Crippen LogP contribution in [0.1, 0.15) is 31.9 Å². The predicted octanol–water partition coefficient (Wildman–Crippen LogP) is 3.08. The van der Waals surface area contributed by atoms with Crippen molar-refractivity contribution in [2.75, 3.05) is 6.54 Å². The Kier molecular flexibility index (Phi) is 4.81. The molecule has 2 nitrogen and oxygen atoms in total. The standard InChI is InChI=1S/C14H23NO/c1-10(2)12(4)8-15-9-13-7-11(3)5-6-14(13)16/h5-7,10,12,15-16H,8-9H2,1-4H3. The number of nitrogens with one attached hydrogen (secondary N) is 1. The van der Waals surface area contributed by atoms with Crippen LogP contribution in [0.3, 0.4) is 0 Å². The number of aryl methyl sites for hydroxylation is 1. The van der Waals surface area contributed by atoms with E-state index in [2.05, 4.69) is 26.1 Å². The quantitative estimate of drug-likeness (QED) is 0.801. The Labute approximate surface area is 98.7 Å². The average molecular weight is 221 g/mol. The molecule has 1 aromatic carbocycles. The molecule has 0 amide bonds. The molecule has 0 aliphatic rings. The fraction of sp³-hybridized carbons (Fsp3) is 0.571. The van der Waals surface area contributed by atoms with Gasteiger partial charge in [0.25, 0.3) is 0 Å². The van der Waals surface area contributed by atoms with Crippen molar-refractivity contribution < 1.29 is 5.11 Å². The minimum Gasteiger partial charge on any atom is -0.508 e. The maximum absolute atomic E-state index is 9.67. The van der Waals surface area contributed by atoms with Crippen LogP contribution in [-0.2, 0) is 6.54 Å². The third kappa shape index (κ3) is 3.86. The SMILES string of the molecule is Cc1ccc(O)c(CNCC(C)C(C)C)c1. The van der Waals surface area contributed by atoms with Crippen LogP contribution in [-0.4, -0.2) is 11.7 Å². The molecule has 2 N–H and O–H groups in total. The molecule has 0 saturated carbocycles. The number of hydrogen-bond acceptors (Lipinski definition) is 2. The van der Waals surface area contributed by atoms with Gasteiger partial charge >= 0.3 is 0 Å². The van der Waals surface area contributed by atoms with Crippen molar-refractivity contribution in [3.63, 3.8) is 0 Å². The van der Waals surface area contributed by atoms with Crippen molar-refractivity contribution in [3.05, 3.63) is 29.3 Å². The van der Waals surface area contributed by atoms with Crippen molar-refractivity contribution in [2.45, 2.75) is 34.2 Å². The fourth-order valence-electron chi connectivity index (χ4n) is 1.53. The molecule has 0 bridgehead atoms. The second-order valence-corrected chi connectivity index (χ2v) is 4.98. The molecule has 0 spiro atoms. The molecule has 1 aromatic rings. The van der Waals surface area contributed by atoms with E-state index in [1.165, 1.54) is 5.56 Å². The maximum Gasteiger partial charge on any atom is 0.120 e. The molecule has 0 aromatic heterocycles. The van der Waals surface area contributed by atoms with E-state index in [-0.39, 0.29) is 0 Å². The largest absolute Gasteiger partial charge is 0.508 e. The summed E-state index contributed by atoms with van der Waals surface area (Å²) in [6.07, 6.45) is 0. The van der Waals surface area contributed by atoms with E-state index >= 15 is 0 Å². The highest BCUT2D eigenvalue weighted by Crippen LogP contribution is 2.18. The van der Waals surface area contributed by atoms with Gasteiger partial charge in [0, 0.05) is 12.1 Å². The van der Waals surface area contributed by atoms with E-state index < -0.39 is 0 Å². The lowest BCUT2D eigenvalue weighted by atomic mass is 9.98. The molecule has 90 valence electrons. The van der Waals surface area contributed by atoms with E-state index in [1.54, 1.807) is 6.07 Å². The molecule has 2 heteroatoms. The Bertz CT molecular complexity index is 334. The van der Waals surface area contributed by atoms with Crippen LogP contribution in [0.25, 0.3) is 0 Å². The van der Waals surface area contributed by atoms with Gasteiger partial charge in [-0.15, -0.1) is 0 Å². The molecule has 1 atom stereocenters. The molecule has 0 saturated heterocycles. The lowest BCUT2D eigenvalue weighted by molar-refractivity contribution is 0.389. The van der Waals surface area contributed by atoms with Crippen molar-refractivity contribution >= 4 is 0 Å². The van der Waals surface area contributed by atoms with Gasteiger partial charge in [-0.1, -0.05) is 38.5 Å². The molecule has 1 unspecified atom stereocenters. The van der Waals surface area contributed by atoms with E-state index in [0.717, 1.165) is 18.7 Å². The Morgan fingerprint density at radius 3 is 2.56 bits per heavy atom. The van der Waals surface area contributed by atoms with Crippen LogP contribution in [0, 0.1) is 18.8 Å². The second kappa shape index (κ2) is 5.90. The second-order valence-electron chi connectivity index (χ2n) is 4.98. The van der Waals surface area contributed by atoms with Gasteiger partial charge in [0.15, 0.2) is 0 Å². The van der Waals surface area contributed by atoms with Crippen LogP contribution < -0.4 is 5.32 Å². The van der Waals surface area contributed by atoms with Gasteiger partial charge in [0.2, 0.25) is 0 Å². The van der Waals surface area contributed by atoms with Gasteiger partial charge in [-0.05, 0) is 31.4 Å². The van der Waals surface area contributed by atoms with E-state index in [1.807, 2.05) is 19.1 Å². The summed E-state index contributed by atoms with van der Waals surface area (Å²) in [6, 6.07) is 5.72. The molecule has 0 aliphatic heterocycles. The Morgan fingerprint density at radius 2 is 1.94 bits per heavy atom. The minimum atomic E-state index is 0.385. The van der Waals surface area contributed by atoms with Crippen LogP contribution >= 0.6 is 0 Å². The summed E-state index contributed by atoms with van der Waals surface area (Å²) < 4.78 is 0. The molecule has 0 aliphatic carbocycles. The fourth-order valence-corrected chi connectivity index (χ4v) is 1.53. The first-order valence-electron chi connectivity index (χ1n) is 6.00. The van der Waals surface area contributed by atoms with E-state index in [0.29, 0.717) is 17.6 Å². The van der Waals surface area contributed by atoms with Crippen LogP contribution in [0.5, 0.6) is 5.75 Å². The topological polar surface area (TPSA) is 32.3 Å². The number of benzene rings is 1. The van der Waals surface area contributed by atoms with Crippen molar-refractivity contribution in [2.24, 2.45) is 11.8 Å². The first-order chi connectivity index (χ1) is 7.50. The van der Waals surface area contributed by atoms with Crippen molar-refractivity contribution in [3.8, 4) is 5.75 Å². The van der Waals surface area contributed by atoms with Gasteiger partial charge in [-0.2, -0.15) is 0 Å². The third-order valence-corrected chi connectivity index (χ3v) is 3.15. The van der Waals surface area contributed by atoms with Crippen LogP contribution in [0.2, 0.25) is 0 Å². The molecule has 0 heterocycles. The monoisotopic (exact) mass is 221 g/mol.